The number of aromatic amines is 1. The molecular formula is C11H15N5O3. The predicted octanol–water partition coefficient (Wildman–Crippen LogP) is -0.00280. The van der Waals surface area contributed by atoms with Crippen LogP contribution in [0.1, 0.15) is 20.3 Å². The van der Waals surface area contributed by atoms with Gasteiger partial charge in [-0.1, -0.05) is 6.92 Å². The SMILES string of the molecule is CCC(O)C1=Nc2c(nc(NC(C)=O)[nH]c2=O)NC1. The second-order valence-corrected chi connectivity index (χ2v) is 4.17. The molecule has 8 nitrogen and oxygen atoms in total. The molecule has 1 atom stereocenters. The zero-order chi connectivity index (χ0) is 14.0. The third-order valence-electron chi connectivity index (χ3n) is 2.65. The molecule has 1 unspecified atom stereocenters. The van der Waals surface area contributed by atoms with E-state index >= 15 is 0 Å². The van der Waals surface area contributed by atoms with Crippen molar-refractivity contribution in [2.75, 3.05) is 17.2 Å². The first-order valence-corrected chi connectivity index (χ1v) is 5.92. The van der Waals surface area contributed by atoms with Crippen LogP contribution < -0.4 is 16.2 Å². The topological polar surface area (TPSA) is 119 Å². The molecule has 0 aliphatic carbocycles. The van der Waals surface area contributed by atoms with Crippen molar-refractivity contribution in [3.63, 3.8) is 0 Å². The van der Waals surface area contributed by atoms with Crippen molar-refractivity contribution in [3.8, 4) is 0 Å². The quantitative estimate of drug-likeness (QED) is 0.613. The number of anilines is 2. The Labute approximate surface area is 109 Å². The number of aromatic nitrogens is 2. The highest BCUT2D eigenvalue weighted by Gasteiger charge is 2.20. The fourth-order valence-corrected chi connectivity index (χ4v) is 1.71. The summed E-state index contributed by atoms with van der Waals surface area (Å²) in [5, 5.41) is 15.0. The molecule has 8 heteroatoms. The largest absolute Gasteiger partial charge is 0.387 e. The number of aliphatic imine (C=N–C) groups is 1. The van der Waals surface area contributed by atoms with Crippen molar-refractivity contribution < 1.29 is 9.90 Å². The van der Waals surface area contributed by atoms with E-state index in [9.17, 15) is 14.7 Å². The molecule has 1 aromatic rings. The van der Waals surface area contributed by atoms with Crippen LogP contribution in [0.3, 0.4) is 0 Å². The maximum Gasteiger partial charge on any atom is 0.280 e. The van der Waals surface area contributed by atoms with Crippen LogP contribution in [-0.4, -0.2) is 39.3 Å². The minimum atomic E-state index is -0.685. The monoisotopic (exact) mass is 265 g/mol. The number of H-pyrrole nitrogens is 1. The van der Waals surface area contributed by atoms with Crippen molar-refractivity contribution in [1.82, 2.24) is 9.97 Å². The highest BCUT2D eigenvalue weighted by Crippen LogP contribution is 2.23. The summed E-state index contributed by atoms with van der Waals surface area (Å²) in [5.41, 5.74) is 0.138. The van der Waals surface area contributed by atoms with Gasteiger partial charge in [-0.25, -0.2) is 4.99 Å². The number of hydrogen-bond acceptors (Lipinski definition) is 6. The van der Waals surface area contributed by atoms with E-state index in [-0.39, 0.29) is 17.5 Å². The zero-order valence-corrected chi connectivity index (χ0v) is 10.6. The van der Waals surface area contributed by atoms with Crippen LogP contribution in [-0.2, 0) is 4.79 Å². The Morgan fingerprint density at radius 1 is 1.58 bits per heavy atom. The van der Waals surface area contributed by atoms with Gasteiger partial charge in [-0.3, -0.25) is 19.9 Å². The third kappa shape index (κ3) is 2.79. The number of nitrogens with zero attached hydrogens (tertiary/aromatic N) is 2. The Kier molecular flexibility index (Phi) is 3.61. The number of hydrogen-bond donors (Lipinski definition) is 4. The van der Waals surface area contributed by atoms with Gasteiger partial charge >= 0.3 is 0 Å². The van der Waals surface area contributed by atoms with E-state index < -0.39 is 11.7 Å². The summed E-state index contributed by atoms with van der Waals surface area (Å²) in [7, 11) is 0. The van der Waals surface area contributed by atoms with Crippen molar-refractivity contribution in [1.29, 1.82) is 0 Å². The van der Waals surface area contributed by atoms with Gasteiger partial charge in [-0.15, -0.1) is 0 Å². The van der Waals surface area contributed by atoms with Gasteiger partial charge in [0.15, 0.2) is 11.5 Å². The van der Waals surface area contributed by atoms with Crippen molar-refractivity contribution in [3.05, 3.63) is 10.4 Å². The molecule has 0 bridgehead atoms. The van der Waals surface area contributed by atoms with E-state index in [4.69, 9.17) is 0 Å². The van der Waals surface area contributed by atoms with Gasteiger partial charge in [0.25, 0.3) is 5.56 Å². The summed E-state index contributed by atoms with van der Waals surface area (Å²) < 4.78 is 0. The Bertz CT molecular complexity index is 592. The summed E-state index contributed by atoms with van der Waals surface area (Å²) in [6.07, 6.45) is -0.166. The lowest BCUT2D eigenvalue weighted by Gasteiger charge is -2.19. The maximum absolute atomic E-state index is 11.8. The molecular weight excluding hydrogens is 250 g/mol. The Morgan fingerprint density at radius 2 is 2.32 bits per heavy atom. The molecule has 0 saturated carbocycles. The summed E-state index contributed by atoms with van der Waals surface area (Å²) >= 11 is 0. The van der Waals surface area contributed by atoms with Crippen LogP contribution >= 0.6 is 0 Å². The standard InChI is InChI=1S/C11H15N5O3/c1-3-7(18)6-4-12-9-8(14-6)10(19)16-11(15-9)13-5(2)17/h7,18H,3-4H2,1-2H3,(H3,12,13,15,16,17,19). The first-order chi connectivity index (χ1) is 9.01. The van der Waals surface area contributed by atoms with Gasteiger partial charge < -0.3 is 10.4 Å². The average Bonchev–Trinajstić information content (AvgIpc) is 2.36. The summed E-state index contributed by atoms with van der Waals surface area (Å²) in [6, 6.07) is 0. The van der Waals surface area contributed by atoms with Gasteiger partial charge in [0, 0.05) is 6.92 Å². The number of nitrogens with one attached hydrogen (secondary N) is 3. The van der Waals surface area contributed by atoms with E-state index in [1.165, 1.54) is 6.92 Å². The zero-order valence-electron chi connectivity index (χ0n) is 10.6. The molecule has 1 aliphatic heterocycles. The number of fused-ring (bicyclic) bond motifs is 1. The van der Waals surface area contributed by atoms with Crippen molar-refractivity contribution >= 4 is 29.1 Å². The molecule has 0 aromatic carbocycles. The number of carbonyl (C=O) groups excluding carboxylic acids is 1. The minimum absolute atomic E-state index is 0.0680. The number of aliphatic hydroxyl groups is 1. The summed E-state index contributed by atoms with van der Waals surface area (Å²) in [5.74, 6) is 0.0301. The van der Waals surface area contributed by atoms with E-state index in [1.807, 2.05) is 6.92 Å². The highest BCUT2D eigenvalue weighted by molar-refractivity contribution is 5.97. The van der Waals surface area contributed by atoms with Crippen LogP contribution in [0.25, 0.3) is 0 Å². The molecule has 1 aliphatic rings. The van der Waals surface area contributed by atoms with E-state index in [2.05, 4.69) is 25.6 Å². The average molecular weight is 265 g/mol. The van der Waals surface area contributed by atoms with Crippen molar-refractivity contribution in [2.24, 2.45) is 4.99 Å². The van der Waals surface area contributed by atoms with Crippen LogP contribution in [0.15, 0.2) is 9.79 Å². The first-order valence-electron chi connectivity index (χ1n) is 5.92. The first kappa shape index (κ1) is 13.2. The molecule has 1 amide bonds. The van der Waals surface area contributed by atoms with Crippen LogP contribution in [0.4, 0.5) is 17.5 Å². The molecule has 102 valence electrons. The van der Waals surface area contributed by atoms with Crippen molar-refractivity contribution in [2.45, 2.75) is 26.4 Å². The number of amides is 1. The molecule has 2 rings (SSSR count). The normalized spacial score (nSPS) is 15.0. The van der Waals surface area contributed by atoms with Crippen LogP contribution in [0, 0.1) is 0 Å². The number of carbonyl (C=O) groups is 1. The third-order valence-corrected chi connectivity index (χ3v) is 2.65. The Balaban J connectivity index is 2.40. The molecule has 0 radical (unpaired) electrons. The predicted molar refractivity (Wildman–Crippen MR) is 71.0 cm³/mol. The van der Waals surface area contributed by atoms with Gasteiger partial charge in [-0.05, 0) is 6.42 Å². The Morgan fingerprint density at radius 3 is 2.95 bits per heavy atom. The lowest BCUT2D eigenvalue weighted by atomic mass is 10.1. The van der Waals surface area contributed by atoms with E-state index in [1.54, 1.807) is 0 Å². The van der Waals surface area contributed by atoms with Gasteiger partial charge in [0.2, 0.25) is 11.9 Å². The van der Waals surface area contributed by atoms with Crippen LogP contribution in [0.2, 0.25) is 0 Å². The molecule has 2 heterocycles. The molecule has 0 fully saturated rings. The van der Waals surface area contributed by atoms with Gasteiger partial charge in [0.05, 0.1) is 18.4 Å². The maximum atomic E-state index is 11.8. The number of rotatable bonds is 3. The molecule has 19 heavy (non-hydrogen) atoms. The van der Waals surface area contributed by atoms with Crippen LogP contribution in [0.5, 0.6) is 0 Å². The summed E-state index contributed by atoms with van der Waals surface area (Å²) in [4.78, 5) is 33.4. The highest BCUT2D eigenvalue weighted by atomic mass is 16.3. The smallest absolute Gasteiger partial charge is 0.280 e. The fourth-order valence-electron chi connectivity index (χ4n) is 1.71. The van der Waals surface area contributed by atoms with Gasteiger partial charge in [0.1, 0.15) is 0 Å². The lowest BCUT2D eigenvalue weighted by Crippen LogP contribution is -2.31. The molecule has 4 N–H and O–H groups in total. The van der Waals surface area contributed by atoms with E-state index in [0.29, 0.717) is 24.5 Å². The van der Waals surface area contributed by atoms with E-state index in [0.717, 1.165) is 0 Å². The second-order valence-electron chi connectivity index (χ2n) is 4.17. The lowest BCUT2D eigenvalue weighted by molar-refractivity contribution is -0.114. The Hall–Kier alpha value is -2.22. The fraction of sp³-hybridized carbons (Fsp3) is 0.455. The molecule has 0 spiro atoms. The summed E-state index contributed by atoms with van der Waals surface area (Å²) in [6.45, 7) is 3.46. The molecule has 0 saturated heterocycles. The molecule has 1 aromatic heterocycles. The van der Waals surface area contributed by atoms with Gasteiger partial charge in [-0.2, -0.15) is 4.98 Å². The minimum Gasteiger partial charge on any atom is -0.387 e. The second kappa shape index (κ2) is 5.19. The number of aliphatic hydroxyl groups excluding tert-OH is 1.